The van der Waals surface area contributed by atoms with Crippen molar-refractivity contribution in [1.82, 2.24) is 5.32 Å². The molecule has 1 aromatic rings. The summed E-state index contributed by atoms with van der Waals surface area (Å²) in [6, 6.07) is 6.59. The summed E-state index contributed by atoms with van der Waals surface area (Å²) in [5, 5.41) is 16.6. The van der Waals surface area contributed by atoms with E-state index in [9.17, 15) is 0 Å². The summed E-state index contributed by atoms with van der Waals surface area (Å²) in [6.45, 7) is 0.949. The Labute approximate surface area is 115 Å². The third kappa shape index (κ3) is 4.44. The third-order valence-corrected chi connectivity index (χ3v) is 2.82. The SMILES string of the molecule is N#CC(NCCCN=[N+]=[N-])c1cc(Cl)ccc1Cl. The molecule has 1 atom stereocenters. The predicted molar refractivity (Wildman–Crippen MR) is 71.4 cm³/mol. The Morgan fingerprint density at radius 1 is 1.50 bits per heavy atom. The summed E-state index contributed by atoms with van der Waals surface area (Å²) < 4.78 is 0. The minimum Gasteiger partial charge on any atom is -0.298 e. The van der Waals surface area contributed by atoms with Gasteiger partial charge in [0.2, 0.25) is 0 Å². The van der Waals surface area contributed by atoms with E-state index in [4.69, 9.17) is 34.0 Å². The lowest BCUT2D eigenvalue weighted by molar-refractivity contribution is 0.607. The number of rotatable bonds is 6. The monoisotopic (exact) mass is 283 g/mol. The number of benzene rings is 1. The van der Waals surface area contributed by atoms with E-state index in [0.29, 0.717) is 35.1 Å². The zero-order valence-corrected chi connectivity index (χ0v) is 11.0. The number of hydrogen-bond donors (Lipinski definition) is 1. The average Bonchev–Trinajstić information content (AvgIpc) is 2.37. The van der Waals surface area contributed by atoms with Crippen LogP contribution in [-0.2, 0) is 0 Å². The molecular weight excluding hydrogens is 273 g/mol. The van der Waals surface area contributed by atoms with Gasteiger partial charge in [-0.05, 0) is 36.7 Å². The average molecular weight is 284 g/mol. The van der Waals surface area contributed by atoms with Crippen LogP contribution in [0.3, 0.4) is 0 Å². The largest absolute Gasteiger partial charge is 0.298 e. The summed E-state index contributed by atoms with van der Waals surface area (Å²) in [7, 11) is 0. The first-order chi connectivity index (χ1) is 8.69. The highest BCUT2D eigenvalue weighted by molar-refractivity contribution is 6.33. The molecule has 0 bridgehead atoms. The second-order valence-electron chi connectivity index (χ2n) is 3.49. The molecule has 0 heterocycles. The van der Waals surface area contributed by atoms with Gasteiger partial charge in [-0.15, -0.1) is 0 Å². The van der Waals surface area contributed by atoms with E-state index < -0.39 is 6.04 Å². The van der Waals surface area contributed by atoms with Gasteiger partial charge >= 0.3 is 0 Å². The molecule has 0 spiro atoms. The Morgan fingerprint density at radius 2 is 2.28 bits per heavy atom. The number of nitriles is 1. The summed E-state index contributed by atoms with van der Waals surface area (Å²) in [6.07, 6.45) is 0.653. The first kappa shape index (κ1) is 14.6. The molecule has 7 heteroatoms. The van der Waals surface area contributed by atoms with Crippen LogP contribution >= 0.6 is 23.2 Å². The highest BCUT2D eigenvalue weighted by Gasteiger charge is 2.13. The molecule has 0 saturated carbocycles. The van der Waals surface area contributed by atoms with Crippen molar-refractivity contribution < 1.29 is 0 Å². The van der Waals surface area contributed by atoms with Crippen LogP contribution in [0.4, 0.5) is 0 Å². The van der Waals surface area contributed by atoms with Crippen molar-refractivity contribution in [3.63, 3.8) is 0 Å². The van der Waals surface area contributed by atoms with Crippen LogP contribution in [0.5, 0.6) is 0 Å². The maximum absolute atomic E-state index is 9.10. The summed E-state index contributed by atoms with van der Waals surface area (Å²) in [5.74, 6) is 0. The maximum Gasteiger partial charge on any atom is 0.122 e. The van der Waals surface area contributed by atoms with Crippen molar-refractivity contribution in [2.75, 3.05) is 13.1 Å². The molecule has 0 aliphatic carbocycles. The Morgan fingerprint density at radius 3 is 2.94 bits per heavy atom. The van der Waals surface area contributed by atoms with E-state index in [1.54, 1.807) is 18.2 Å². The zero-order valence-electron chi connectivity index (χ0n) is 9.48. The Balaban J connectivity index is 2.63. The molecule has 0 aliphatic rings. The molecule has 94 valence electrons. The molecule has 18 heavy (non-hydrogen) atoms. The van der Waals surface area contributed by atoms with Crippen LogP contribution in [-0.4, -0.2) is 13.1 Å². The van der Waals surface area contributed by atoms with E-state index in [1.165, 1.54) is 0 Å². The molecule has 0 aromatic heterocycles. The van der Waals surface area contributed by atoms with E-state index in [2.05, 4.69) is 21.4 Å². The van der Waals surface area contributed by atoms with Crippen LogP contribution in [0, 0.1) is 11.3 Å². The van der Waals surface area contributed by atoms with Crippen LogP contribution in [0.15, 0.2) is 23.3 Å². The highest BCUT2D eigenvalue weighted by atomic mass is 35.5. The molecular formula is C11H11Cl2N5. The van der Waals surface area contributed by atoms with Gasteiger partial charge in [0.25, 0.3) is 0 Å². The molecule has 1 aromatic carbocycles. The second kappa shape index (κ2) is 7.80. The number of nitrogens with one attached hydrogen (secondary N) is 1. The Kier molecular flexibility index (Phi) is 6.34. The standard InChI is InChI=1S/C11H11Cl2N5/c12-8-2-3-10(13)9(6-8)11(7-14)16-4-1-5-17-18-15/h2-3,6,11,16H,1,4-5H2. The van der Waals surface area contributed by atoms with Gasteiger partial charge in [0, 0.05) is 27.1 Å². The predicted octanol–water partition coefficient (Wildman–Crippen LogP) is 3.85. The van der Waals surface area contributed by atoms with Gasteiger partial charge in [-0.25, -0.2) is 0 Å². The first-order valence-corrected chi connectivity index (χ1v) is 6.03. The van der Waals surface area contributed by atoms with Crippen molar-refractivity contribution in [2.45, 2.75) is 12.5 Å². The quantitative estimate of drug-likeness (QED) is 0.372. The van der Waals surface area contributed by atoms with Gasteiger partial charge in [-0.2, -0.15) is 5.26 Å². The fourth-order valence-electron chi connectivity index (χ4n) is 1.40. The van der Waals surface area contributed by atoms with E-state index in [-0.39, 0.29) is 0 Å². The first-order valence-electron chi connectivity index (χ1n) is 5.28. The van der Waals surface area contributed by atoms with Gasteiger partial charge in [0.05, 0.1) is 6.07 Å². The number of hydrogen-bond acceptors (Lipinski definition) is 3. The normalized spacial score (nSPS) is 11.4. The second-order valence-corrected chi connectivity index (χ2v) is 4.33. The molecule has 0 amide bonds. The third-order valence-electron chi connectivity index (χ3n) is 2.24. The Hall–Kier alpha value is -1.44. The number of azide groups is 1. The van der Waals surface area contributed by atoms with E-state index in [1.807, 2.05) is 0 Å². The van der Waals surface area contributed by atoms with Crippen molar-refractivity contribution in [3.8, 4) is 6.07 Å². The van der Waals surface area contributed by atoms with Crippen LogP contribution in [0.25, 0.3) is 10.4 Å². The minimum atomic E-state index is -0.526. The molecule has 0 saturated heterocycles. The number of halogens is 2. The summed E-state index contributed by atoms with van der Waals surface area (Å²) in [5.41, 5.74) is 8.77. The van der Waals surface area contributed by atoms with Gasteiger partial charge in [-0.3, -0.25) is 5.32 Å². The molecule has 0 radical (unpaired) electrons. The molecule has 5 nitrogen and oxygen atoms in total. The van der Waals surface area contributed by atoms with Gasteiger partial charge in [0.15, 0.2) is 0 Å². The van der Waals surface area contributed by atoms with Crippen LogP contribution < -0.4 is 5.32 Å². The number of nitrogens with zero attached hydrogens (tertiary/aromatic N) is 4. The topological polar surface area (TPSA) is 84.6 Å². The smallest absolute Gasteiger partial charge is 0.122 e. The van der Waals surface area contributed by atoms with Crippen LogP contribution in [0.1, 0.15) is 18.0 Å². The maximum atomic E-state index is 9.10. The lowest BCUT2D eigenvalue weighted by Gasteiger charge is -2.13. The van der Waals surface area contributed by atoms with Gasteiger partial charge in [0.1, 0.15) is 6.04 Å². The molecule has 0 fully saturated rings. The van der Waals surface area contributed by atoms with Crippen molar-refractivity contribution in [2.24, 2.45) is 5.11 Å². The zero-order chi connectivity index (χ0) is 13.4. The molecule has 1 rings (SSSR count). The highest BCUT2D eigenvalue weighted by Crippen LogP contribution is 2.26. The van der Waals surface area contributed by atoms with Crippen molar-refractivity contribution in [1.29, 1.82) is 5.26 Å². The molecule has 1 N–H and O–H groups in total. The van der Waals surface area contributed by atoms with Crippen molar-refractivity contribution >= 4 is 23.2 Å². The van der Waals surface area contributed by atoms with Gasteiger partial charge in [-0.1, -0.05) is 28.3 Å². The van der Waals surface area contributed by atoms with E-state index >= 15 is 0 Å². The van der Waals surface area contributed by atoms with Gasteiger partial charge < -0.3 is 0 Å². The van der Waals surface area contributed by atoms with E-state index in [0.717, 1.165) is 0 Å². The van der Waals surface area contributed by atoms with Crippen LogP contribution in [0.2, 0.25) is 10.0 Å². The molecule has 1 unspecified atom stereocenters. The lowest BCUT2D eigenvalue weighted by Crippen LogP contribution is -2.22. The minimum absolute atomic E-state index is 0.394. The molecule has 0 aliphatic heterocycles. The Bertz CT molecular complexity index is 491. The summed E-state index contributed by atoms with van der Waals surface area (Å²) >= 11 is 11.9. The van der Waals surface area contributed by atoms with Crippen molar-refractivity contribution in [3.05, 3.63) is 44.3 Å². The fraction of sp³-hybridized carbons (Fsp3) is 0.364. The summed E-state index contributed by atoms with van der Waals surface area (Å²) in [4.78, 5) is 2.65. The fourth-order valence-corrected chi connectivity index (χ4v) is 1.81. The lowest BCUT2D eigenvalue weighted by atomic mass is 10.1.